The lowest BCUT2D eigenvalue weighted by atomic mass is 10.1. The smallest absolute Gasteiger partial charge is 0.317 e. The van der Waals surface area contributed by atoms with E-state index >= 15 is 0 Å². The first-order valence-electron chi connectivity index (χ1n) is 7.93. The summed E-state index contributed by atoms with van der Waals surface area (Å²) in [6, 6.07) is 3.51. The number of methoxy groups -OCH3 is 1. The minimum absolute atomic E-state index is 0.0220. The number of nitrogens with one attached hydrogen (secondary N) is 1. The van der Waals surface area contributed by atoms with Crippen LogP contribution in [-0.2, 0) is 4.74 Å². The number of carbonyl (C=O) groups excluding carboxylic acids is 1. The molecule has 2 N–H and O–H groups in total. The second-order valence-electron chi connectivity index (χ2n) is 5.77. The topological polar surface area (TPSA) is 74.9 Å². The molecule has 1 aliphatic heterocycles. The lowest BCUT2D eigenvalue weighted by molar-refractivity contribution is 0.105. The van der Waals surface area contributed by atoms with Gasteiger partial charge in [0.15, 0.2) is 0 Å². The fourth-order valence-corrected chi connectivity index (χ4v) is 2.92. The van der Waals surface area contributed by atoms with Crippen LogP contribution in [0.2, 0.25) is 0 Å². The van der Waals surface area contributed by atoms with E-state index in [9.17, 15) is 9.90 Å². The molecule has 2 amide bonds. The van der Waals surface area contributed by atoms with Gasteiger partial charge in [0, 0.05) is 26.1 Å². The van der Waals surface area contributed by atoms with E-state index in [0.29, 0.717) is 18.8 Å². The van der Waals surface area contributed by atoms with Crippen molar-refractivity contribution in [1.82, 2.24) is 10.2 Å². The zero-order valence-corrected chi connectivity index (χ0v) is 13.3. The molecule has 0 aromatic carbocycles. The molecule has 2 heterocycles. The van der Waals surface area contributed by atoms with Gasteiger partial charge in [-0.1, -0.05) is 6.92 Å². The molecule has 0 bridgehead atoms. The van der Waals surface area contributed by atoms with Gasteiger partial charge >= 0.3 is 6.03 Å². The number of aliphatic hydroxyl groups excluding tert-OH is 1. The first-order valence-corrected chi connectivity index (χ1v) is 7.93. The van der Waals surface area contributed by atoms with Gasteiger partial charge in [0.05, 0.1) is 18.9 Å². The first kappa shape index (κ1) is 16.8. The Morgan fingerprint density at radius 1 is 1.64 bits per heavy atom. The third-order valence-corrected chi connectivity index (χ3v) is 4.19. The zero-order valence-electron chi connectivity index (χ0n) is 13.3. The van der Waals surface area contributed by atoms with Gasteiger partial charge in [0.1, 0.15) is 11.9 Å². The van der Waals surface area contributed by atoms with E-state index in [1.54, 1.807) is 25.5 Å². The third-order valence-electron chi connectivity index (χ3n) is 4.19. The number of urea groups is 1. The van der Waals surface area contributed by atoms with Crippen molar-refractivity contribution in [2.24, 2.45) is 0 Å². The van der Waals surface area contributed by atoms with E-state index in [-0.39, 0.29) is 18.1 Å². The van der Waals surface area contributed by atoms with Crippen LogP contribution in [0.25, 0.3) is 0 Å². The summed E-state index contributed by atoms with van der Waals surface area (Å²) in [5, 5.41) is 13.2. The predicted molar refractivity (Wildman–Crippen MR) is 82.5 cm³/mol. The van der Waals surface area contributed by atoms with E-state index in [0.717, 1.165) is 25.8 Å². The molecule has 124 valence electrons. The second-order valence-corrected chi connectivity index (χ2v) is 5.77. The number of hydrogen-bond acceptors (Lipinski definition) is 4. The maximum Gasteiger partial charge on any atom is 0.317 e. The van der Waals surface area contributed by atoms with E-state index in [1.807, 2.05) is 11.8 Å². The molecular weight excluding hydrogens is 284 g/mol. The van der Waals surface area contributed by atoms with Crippen LogP contribution in [0.5, 0.6) is 0 Å². The number of nitrogens with zero attached hydrogens (tertiary/aromatic N) is 1. The normalized spacial score (nSPS) is 20.9. The number of furan rings is 1. The van der Waals surface area contributed by atoms with Gasteiger partial charge in [-0.2, -0.15) is 0 Å². The Hall–Kier alpha value is -1.53. The fraction of sp³-hybridized carbons (Fsp3) is 0.688. The van der Waals surface area contributed by atoms with E-state index in [2.05, 4.69) is 5.32 Å². The number of aliphatic hydroxyl groups is 1. The molecule has 6 nitrogen and oxygen atoms in total. The average Bonchev–Trinajstić information content (AvgIpc) is 3.17. The standard InChI is InChI=1S/C16H26N2O4/c1-3-12(11-21-2)17-16(20)18-8-4-6-13(18)10-14(19)15-7-5-9-22-15/h5,7,9,12-14,19H,3-4,6,8,10-11H2,1-2H3,(H,17,20). The molecule has 2 rings (SSSR count). The summed E-state index contributed by atoms with van der Waals surface area (Å²) >= 11 is 0. The van der Waals surface area contributed by atoms with Crippen molar-refractivity contribution >= 4 is 6.03 Å². The van der Waals surface area contributed by atoms with Gasteiger partial charge in [-0.3, -0.25) is 0 Å². The Bertz CT molecular complexity index is 449. The van der Waals surface area contributed by atoms with Gasteiger partial charge in [-0.15, -0.1) is 0 Å². The molecule has 0 radical (unpaired) electrons. The van der Waals surface area contributed by atoms with Crippen molar-refractivity contribution in [1.29, 1.82) is 0 Å². The van der Waals surface area contributed by atoms with Crippen molar-refractivity contribution in [3.05, 3.63) is 24.2 Å². The summed E-state index contributed by atoms with van der Waals surface area (Å²) < 4.78 is 10.3. The summed E-state index contributed by atoms with van der Waals surface area (Å²) in [5.74, 6) is 0.554. The monoisotopic (exact) mass is 310 g/mol. The highest BCUT2D eigenvalue weighted by atomic mass is 16.5. The average molecular weight is 310 g/mol. The van der Waals surface area contributed by atoms with Crippen LogP contribution in [0.3, 0.4) is 0 Å². The van der Waals surface area contributed by atoms with Crippen molar-refractivity contribution in [2.75, 3.05) is 20.3 Å². The number of carbonyl (C=O) groups is 1. The van der Waals surface area contributed by atoms with Gasteiger partial charge in [-0.25, -0.2) is 4.79 Å². The number of rotatable bonds is 7. The van der Waals surface area contributed by atoms with Gasteiger partial charge in [0.2, 0.25) is 0 Å². The minimum atomic E-state index is -0.672. The molecule has 0 spiro atoms. The Morgan fingerprint density at radius 3 is 3.09 bits per heavy atom. The van der Waals surface area contributed by atoms with Gasteiger partial charge in [0.25, 0.3) is 0 Å². The van der Waals surface area contributed by atoms with Crippen molar-refractivity contribution in [2.45, 2.75) is 50.8 Å². The Balaban J connectivity index is 1.90. The molecule has 1 saturated heterocycles. The molecule has 1 aromatic heterocycles. The molecule has 0 aliphatic carbocycles. The summed E-state index contributed by atoms with van der Waals surface area (Å²) in [6.07, 6.45) is 4.08. The Kier molecular flexibility index (Phi) is 6.27. The summed E-state index contributed by atoms with van der Waals surface area (Å²) in [4.78, 5) is 14.2. The van der Waals surface area contributed by atoms with E-state index in [1.165, 1.54) is 0 Å². The van der Waals surface area contributed by atoms with Crippen LogP contribution in [0, 0.1) is 0 Å². The van der Waals surface area contributed by atoms with E-state index in [4.69, 9.17) is 9.15 Å². The highest BCUT2D eigenvalue weighted by Gasteiger charge is 2.32. The third kappa shape index (κ3) is 4.24. The summed E-state index contributed by atoms with van der Waals surface area (Å²) in [5.41, 5.74) is 0. The van der Waals surface area contributed by atoms with Crippen LogP contribution in [0.15, 0.2) is 22.8 Å². The summed E-state index contributed by atoms with van der Waals surface area (Å²) in [6.45, 7) is 3.26. The molecule has 3 atom stereocenters. The van der Waals surface area contributed by atoms with Gasteiger partial charge < -0.3 is 24.5 Å². The maximum absolute atomic E-state index is 12.4. The highest BCUT2D eigenvalue weighted by molar-refractivity contribution is 5.75. The fourth-order valence-electron chi connectivity index (χ4n) is 2.92. The molecule has 0 saturated carbocycles. The molecule has 3 unspecified atom stereocenters. The summed E-state index contributed by atoms with van der Waals surface area (Å²) in [7, 11) is 1.63. The predicted octanol–water partition coefficient (Wildman–Crippen LogP) is 2.30. The number of likely N-dealkylation sites (tertiary alicyclic amines) is 1. The molecule has 1 aliphatic rings. The number of hydrogen-bond donors (Lipinski definition) is 2. The molecular formula is C16H26N2O4. The van der Waals surface area contributed by atoms with Crippen LogP contribution in [-0.4, -0.2) is 48.4 Å². The SMILES string of the molecule is CCC(COC)NC(=O)N1CCCC1CC(O)c1ccco1. The number of amides is 2. The van der Waals surface area contributed by atoms with Crippen LogP contribution in [0.4, 0.5) is 4.79 Å². The van der Waals surface area contributed by atoms with Crippen molar-refractivity contribution in [3.63, 3.8) is 0 Å². The van der Waals surface area contributed by atoms with Crippen LogP contribution < -0.4 is 5.32 Å². The van der Waals surface area contributed by atoms with Gasteiger partial charge in [-0.05, 0) is 31.4 Å². The lowest BCUT2D eigenvalue weighted by Crippen LogP contribution is -2.48. The van der Waals surface area contributed by atoms with Crippen molar-refractivity contribution < 1.29 is 19.1 Å². The van der Waals surface area contributed by atoms with Crippen LogP contribution in [0.1, 0.15) is 44.5 Å². The van der Waals surface area contributed by atoms with Crippen LogP contribution >= 0.6 is 0 Å². The highest BCUT2D eigenvalue weighted by Crippen LogP contribution is 2.27. The maximum atomic E-state index is 12.4. The molecule has 6 heteroatoms. The zero-order chi connectivity index (χ0) is 15.9. The molecule has 1 aromatic rings. The van der Waals surface area contributed by atoms with E-state index < -0.39 is 6.10 Å². The number of ether oxygens (including phenoxy) is 1. The molecule has 22 heavy (non-hydrogen) atoms. The largest absolute Gasteiger partial charge is 0.467 e. The Morgan fingerprint density at radius 2 is 2.45 bits per heavy atom. The minimum Gasteiger partial charge on any atom is -0.467 e. The molecule has 1 fully saturated rings. The Labute approximate surface area is 131 Å². The lowest BCUT2D eigenvalue weighted by Gasteiger charge is -2.28. The van der Waals surface area contributed by atoms with Crippen molar-refractivity contribution in [3.8, 4) is 0 Å². The first-order chi connectivity index (χ1) is 10.7. The quantitative estimate of drug-likeness (QED) is 0.810. The second kappa shape index (κ2) is 8.19.